The minimum Gasteiger partial charge on any atom is -0.231 e. The lowest BCUT2D eigenvalue weighted by Gasteiger charge is -2.28. The van der Waals surface area contributed by atoms with E-state index < -0.39 is 24.2 Å². The van der Waals surface area contributed by atoms with E-state index in [1.807, 2.05) is 0 Å². The molecule has 0 aromatic carbocycles. The Morgan fingerprint density at radius 3 is 1.60 bits per heavy atom. The molecule has 2 atom stereocenters. The molecular formula is C9H14F6. The Morgan fingerprint density at radius 2 is 1.33 bits per heavy atom. The molecule has 0 aromatic heterocycles. The van der Waals surface area contributed by atoms with Gasteiger partial charge in [0.1, 0.15) is 0 Å². The summed E-state index contributed by atoms with van der Waals surface area (Å²) in [5, 5.41) is 0. The molecule has 0 aromatic rings. The van der Waals surface area contributed by atoms with Gasteiger partial charge in [0.2, 0.25) is 0 Å². The molecule has 6 heteroatoms. The fraction of sp³-hybridized carbons (Fsp3) is 1.00. The van der Waals surface area contributed by atoms with Crippen molar-refractivity contribution in [3.05, 3.63) is 0 Å². The van der Waals surface area contributed by atoms with Gasteiger partial charge >= 0.3 is 6.18 Å². The van der Waals surface area contributed by atoms with Crippen LogP contribution in [0, 0.1) is 11.8 Å². The summed E-state index contributed by atoms with van der Waals surface area (Å²) in [5.74, 6) is -6.19. The molecule has 0 radical (unpaired) electrons. The van der Waals surface area contributed by atoms with Gasteiger partial charge in [0.25, 0.3) is 12.1 Å². The topological polar surface area (TPSA) is 0 Å². The van der Waals surface area contributed by atoms with E-state index in [9.17, 15) is 26.3 Å². The van der Waals surface area contributed by atoms with Crippen LogP contribution in [-0.4, -0.2) is 18.3 Å². The molecule has 0 saturated heterocycles. The second-order valence-electron chi connectivity index (χ2n) is 4.11. The van der Waals surface area contributed by atoms with Crippen molar-refractivity contribution < 1.29 is 26.3 Å². The predicted molar refractivity (Wildman–Crippen MR) is 44.5 cm³/mol. The second kappa shape index (κ2) is 4.61. The van der Waals surface area contributed by atoms with Crippen LogP contribution in [-0.2, 0) is 0 Å². The Morgan fingerprint density at radius 1 is 0.933 bits per heavy atom. The molecule has 2 unspecified atom stereocenters. The zero-order valence-corrected chi connectivity index (χ0v) is 8.71. The minimum absolute atomic E-state index is 0.149. The van der Waals surface area contributed by atoms with Gasteiger partial charge in [-0.1, -0.05) is 20.8 Å². The van der Waals surface area contributed by atoms with Crippen molar-refractivity contribution in [2.45, 2.75) is 45.5 Å². The highest BCUT2D eigenvalue weighted by Crippen LogP contribution is 2.41. The molecule has 0 aliphatic heterocycles. The fourth-order valence-corrected chi connectivity index (χ4v) is 1.33. The first-order valence-corrected chi connectivity index (χ1v) is 4.58. The summed E-state index contributed by atoms with van der Waals surface area (Å²) in [6.07, 6.45) is -9.74. The number of hydrogen-bond acceptors (Lipinski definition) is 0. The van der Waals surface area contributed by atoms with Crippen LogP contribution in [0.15, 0.2) is 0 Å². The molecule has 0 bridgehead atoms. The summed E-state index contributed by atoms with van der Waals surface area (Å²) < 4.78 is 73.8. The van der Waals surface area contributed by atoms with Crippen molar-refractivity contribution in [2.75, 3.05) is 0 Å². The predicted octanol–water partition coefficient (Wildman–Crippen LogP) is 4.20. The van der Waals surface area contributed by atoms with E-state index in [0.29, 0.717) is 0 Å². The number of alkyl halides is 6. The van der Waals surface area contributed by atoms with E-state index in [4.69, 9.17) is 0 Å². The van der Waals surface area contributed by atoms with Crippen LogP contribution in [0.4, 0.5) is 26.3 Å². The largest absolute Gasteiger partial charge is 0.425 e. The van der Waals surface area contributed by atoms with Crippen molar-refractivity contribution in [2.24, 2.45) is 11.8 Å². The maximum absolute atomic E-state index is 13.0. The lowest BCUT2D eigenvalue weighted by atomic mass is 9.90. The first kappa shape index (κ1) is 14.6. The molecule has 92 valence electrons. The minimum atomic E-state index is -5.51. The zero-order chi connectivity index (χ0) is 12.4. The van der Waals surface area contributed by atoms with Crippen LogP contribution in [0.1, 0.15) is 27.2 Å². The smallest absolute Gasteiger partial charge is 0.231 e. The highest BCUT2D eigenvalue weighted by molar-refractivity contribution is 4.87. The highest BCUT2D eigenvalue weighted by atomic mass is 19.4. The molecule has 0 amide bonds. The van der Waals surface area contributed by atoms with Gasteiger partial charge in [-0.3, -0.25) is 0 Å². The third-order valence-electron chi connectivity index (χ3n) is 2.11. The van der Waals surface area contributed by atoms with Gasteiger partial charge in [-0.25, -0.2) is 13.2 Å². The number of halogens is 6. The van der Waals surface area contributed by atoms with Crippen molar-refractivity contribution in [3.8, 4) is 0 Å². The van der Waals surface area contributed by atoms with Gasteiger partial charge < -0.3 is 0 Å². The first-order chi connectivity index (χ1) is 6.49. The average molecular weight is 236 g/mol. The second-order valence-corrected chi connectivity index (χ2v) is 4.11. The molecule has 0 heterocycles. The summed E-state index contributed by atoms with van der Waals surface area (Å²) in [4.78, 5) is 0. The molecule has 0 aliphatic carbocycles. The molecular weight excluding hydrogens is 222 g/mol. The van der Waals surface area contributed by atoms with E-state index in [1.165, 1.54) is 0 Å². The van der Waals surface area contributed by atoms with Gasteiger partial charge in [-0.2, -0.15) is 13.2 Å². The van der Waals surface area contributed by atoms with E-state index in [2.05, 4.69) is 0 Å². The molecule has 0 nitrogen and oxygen atoms in total. The summed E-state index contributed by atoms with van der Waals surface area (Å²) in [6.45, 7) is 4.11. The standard InChI is InChI=1S/C9H14F6/c1-5(2)4-6(3)8(11,12)7(10)9(13,14)15/h5-7H,4H2,1-3H3. The summed E-state index contributed by atoms with van der Waals surface area (Å²) in [6, 6.07) is 0. The maximum atomic E-state index is 13.0. The van der Waals surface area contributed by atoms with Gasteiger partial charge in [0.15, 0.2) is 0 Å². The lowest BCUT2D eigenvalue weighted by molar-refractivity contribution is -0.257. The quantitative estimate of drug-likeness (QED) is 0.641. The maximum Gasteiger partial charge on any atom is 0.425 e. The van der Waals surface area contributed by atoms with Crippen molar-refractivity contribution in [1.82, 2.24) is 0 Å². The van der Waals surface area contributed by atoms with E-state index >= 15 is 0 Å². The van der Waals surface area contributed by atoms with E-state index in [0.717, 1.165) is 6.92 Å². The van der Waals surface area contributed by atoms with Crippen LogP contribution in [0.3, 0.4) is 0 Å². The average Bonchev–Trinajstić information content (AvgIpc) is 1.99. The molecule has 15 heavy (non-hydrogen) atoms. The van der Waals surface area contributed by atoms with Gasteiger partial charge in [0.05, 0.1) is 0 Å². The van der Waals surface area contributed by atoms with Gasteiger partial charge in [0, 0.05) is 5.92 Å². The highest BCUT2D eigenvalue weighted by Gasteiger charge is 2.58. The molecule has 0 aliphatic rings. The summed E-state index contributed by atoms with van der Waals surface area (Å²) >= 11 is 0. The first-order valence-electron chi connectivity index (χ1n) is 4.58. The van der Waals surface area contributed by atoms with Crippen LogP contribution in [0.25, 0.3) is 0 Å². The normalized spacial score (nSPS) is 18.0. The van der Waals surface area contributed by atoms with E-state index in [1.54, 1.807) is 13.8 Å². The van der Waals surface area contributed by atoms with Crippen LogP contribution >= 0.6 is 0 Å². The van der Waals surface area contributed by atoms with Gasteiger partial charge in [-0.05, 0) is 12.3 Å². The third-order valence-corrected chi connectivity index (χ3v) is 2.11. The Balaban J connectivity index is 4.65. The lowest BCUT2D eigenvalue weighted by Crippen LogP contribution is -2.46. The summed E-state index contributed by atoms with van der Waals surface area (Å²) in [5.41, 5.74) is 0. The molecule has 0 spiro atoms. The van der Waals surface area contributed by atoms with Crippen LogP contribution < -0.4 is 0 Å². The Kier molecular flexibility index (Phi) is 4.49. The van der Waals surface area contributed by atoms with Crippen LogP contribution in [0.2, 0.25) is 0 Å². The van der Waals surface area contributed by atoms with Crippen molar-refractivity contribution in [3.63, 3.8) is 0 Å². The Bertz CT molecular complexity index is 195. The molecule has 0 N–H and O–H groups in total. The van der Waals surface area contributed by atoms with Gasteiger partial charge in [-0.15, -0.1) is 0 Å². The molecule has 0 fully saturated rings. The Hall–Kier alpha value is -0.420. The van der Waals surface area contributed by atoms with Crippen molar-refractivity contribution in [1.29, 1.82) is 0 Å². The third kappa shape index (κ3) is 3.91. The number of rotatable bonds is 4. The SMILES string of the molecule is CC(C)CC(C)C(F)(F)C(F)C(F)(F)F. The summed E-state index contributed by atoms with van der Waals surface area (Å²) in [7, 11) is 0. The fourth-order valence-electron chi connectivity index (χ4n) is 1.33. The monoisotopic (exact) mass is 236 g/mol. The van der Waals surface area contributed by atoms with E-state index in [-0.39, 0.29) is 12.3 Å². The number of hydrogen-bond donors (Lipinski definition) is 0. The zero-order valence-electron chi connectivity index (χ0n) is 8.71. The molecule has 0 rings (SSSR count). The van der Waals surface area contributed by atoms with Crippen molar-refractivity contribution >= 4 is 0 Å². The molecule has 0 saturated carbocycles. The Labute approximate surface area is 84.7 Å². The van der Waals surface area contributed by atoms with Crippen LogP contribution in [0.5, 0.6) is 0 Å².